The quantitative estimate of drug-likeness (QED) is 0.421. The molecule has 0 bridgehead atoms. The van der Waals surface area contributed by atoms with Gasteiger partial charge in [0.2, 0.25) is 0 Å². The topological polar surface area (TPSA) is 55.3 Å². The number of nitrogens with zero attached hydrogens (tertiary/aromatic N) is 2. The molecule has 1 N–H and O–H groups in total. The molecule has 2 unspecified atom stereocenters. The molecule has 2 aliphatic rings. The molecule has 0 radical (unpaired) electrons. The van der Waals surface area contributed by atoms with Crippen molar-refractivity contribution in [3.63, 3.8) is 0 Å². The van der Waals surface area contributed by atoms with Crippen molar-refractivity contribution in [3.8, 4) is 0 Å². The molecule has 0 aliphatic carbocycles. The third-order valence-corrected chi connectivity index (χ3v) is 5.27. The van der Waals surface area contributed by atoms with Crippen LogP contribution < -0.4 is 5.32 Å². The lowest BCUT2D eigenvalue weighted by molar-refractivity contribution is -0.00836. The van der Waals surface area contributed by atoms with E-state index >= 15 is 0 Å². The molecule has 6 nitrogen and oxygen atoms in total. The van der Waals surface area contributed by atoms with Gasteiger partial charge in [0.15, 0.2) is 5.96 Å². The van der Waals surface area contributed by atoms with Crippen LogP contribution in [-0.4, -0.2) is 69.6 Å². The average molecular weight is 390 g/mol. The highest BCUT2D eigenvalue weighted by molar-refractivity contribution is 5.80. The molecule has 0 amide bonds. The zero-order valence-electron chi connectivity index (χ0n) is 17.4. The van der Waals surface area contributed by atoms with E-state index in [1.54, 1.807) is 0 Å². The Hall–Kier alpha value is -1.63. The minimum Gasteiger partial charge on any atom is -0.379 e. The average Bonchev–Trinajstić information content (AvgIpc) is 3.24. The lowest BCUT2D eigenvalue weighted by Crippen LogP contribution is -2.48. The minimum absolute atomic E-state index is 0.0913. The van der Waals surface area contributed by atoms with E-state index < -0.39 is 0 Å². The van der Waals surface area contributed by atoms with Gasteiger partial charge < -0.3 is 24.4 Å². The highest BCUT2D eigenvalue weighted by atomic mass is 16.5. The van der Waals surface area contributed by atoms with Crippen molar-refractivity contribution >= 4 is 5.96 Å². The second-order valence-electron chi connectivity index (χ2n) is 7.46. The monoisotopic (exact) mass is 389 g/mol. The van der Waals surface area contributed by atoms with Gasteiger partial charge >= 0.3 is 0 Å². The Morgan fingerprint density at radius 1 is 1.29 bits per heavy atom. The molecular formula is C22H35N3O3. The van der Waals surface area contributed by atoms with Crippen LogP contribution >= 0.6 is 0 Å². The Morgan fingerprint density at radius 2 is 2.18 bits per heavy atom. The Balaban J connectivity index is 1.47. The maximum Gasteiger partial charge on any atom is 0.194 e. The third-order valence-electron chi connectivity index (χ3n) is 5.27. The summed E-state index contributed by atoms with van der Waals surface area (Å²) in [6.07, 6.45) is 3.60. The molecule has 0 spiro atoms. The number of aryl methyl sites for hydroxylation is 1. The van der Waals surface area contributed by atoms with E-state index in [0.717, 1.165) is 64.6 Å². The highest BCUT2D eigenvalue weighted by Gasteiger charge is 2.25. The first kappa shape index (κ1) is 21.1. The maximum atomic E-state index is 6.05. The van der Waals surface area contributed by atoms with E-state index in [0.29, 0.717) is 19.3 Å². The standard InChI is InChI=1S/C22H35N3O3/c1-3-23-22(24-11-7-13-26-17-19-9-6-14-27-19)25-12-15-28-21(16-25)20-10-5-4-8-18(20)2/h4-5,8,10,19,21H,3,6-7,9,11-17H2,1-2H3,(H,23,24). The van der Waals surface area contributed by atoms with E-state index in [-0.39, 0.29) is 6.10 Å². The zero-order chi connectivity index (χ0) is 19.6. The first-order valence-corrected chi connectivity index (χ1v) is 10.7. The van der Waals surface area contributed by atoms with Gasteiger partial charge in [-0.05, 0) is 44.2 Å². The summed E-state index contributed by atoms with van der Waals surface area (Å²) in [5.41, 5.74) is 2.55. The van der Waals surface area contributed by atoms with Crippen LogP contribution in [0.3, 0.4) is 0 Å². The summed E-state index contributed by atoms with van der Waals surface area (Å²) in [5.74, 6) is 0.975. The number of nitrogens with one attached hydrogen (secondary N) is 1. The van der Waals surface area contributed by atoms with E-state index in [2.05, 4.69) is 48.3 Å². The van der Waals surface area contributed by atoms with Crippen molar-refractivity contribution in [3.05, 3.63) is 35.4 Å². The van der Waals surface area contributed by atoms with Gasteiger partial charge in [0, 0.05) is 32.8 Å². The summed E-state index contributed by atoms with van der Waals surface area (Å²) in [6, 6.07) is 8.47. The Morgan fingerprint density at radius 3 is 2.96 bits per heavy atom. The maximum absolute atomic E-state index is 6.05. The molecule has 3 rings (SSSR count). The molecule has 2 saturated heterocycles. The molecule has 2 aliphatic heterocycles. The SMILES string of the molecule is CCNC(=NCCCOCC1CCCO1)N1CCOC(c2ccccc2C)C1. The molecule has 2 fully saturated rings. The van der Waals surface area contributed by atoms with Crippen molar-refractivity contribution in [2.75, 3.05) is 52.6 Å². The lowest BCUT2D eigenvalue weighted by atomic mass is 10.0. The predicted octanol–water partition coefficient (Wildman–Crippen LogP) is 2.92. The number of hydrogen-bond donors (Lipinski definition) is 1. The summed E-state index contributed by atoms with van der Waals surface area (Å²) in [5, 5.41) is 3.43. The fourth-order valence-electron chi connectivity index (χ4n) is 3.75. The molecule has 2 atom stereocenters. The van der Waals surface area contributed by atoms with Crippen LogP contribution in [0, 0.1) is 6.92 Å². The molecule has 6 heteroatoms. The van der Waals surface area contributed by atoms with Crippen LogP contribution in [0.5, 0.6) is 0 Å². The Labute approximate surface area is 169 Å². The van der Waals surface area contributed by atoms with Gasteiger partial charge in [0.05, 0.1) is 25.9 Å². The number of morpholine rings is 1. The molecule has 156 valence electrons. The molecule has 0 saturated carbocycles. The van der Waals surface area contributed by atoms with Gasteiger partial charge in [-0.3, -0.25) is 4.99 Å². The van der Waals surface area contributed by atoms with E-state index in [4.69, 9.17) is 19.2 Å². The Bertz CT molecular complexity index is 617. The summed E-state index contributed by atoms with van der Waals surface area (Å²) in [4.78, 5) is 7.14. The van der Waals surface area contributed by atoms with Gasteiger partial charge in [-0.2, -0.15) is 0 Å². The molecular weight excluding hydrogens is 354 g/mol. The fraction of sp³-hybridized carbons (Fsp3) is 0.682. The summed E-state index contributed by atoms with van der Waals surface area (Å²) >= 11 is 0. The summed E-state index contributed by atoms with van der Waals surface area (Å²) in [6.45, 7) is 10.6. The van der Waals surface area contributed by atoms with Crippen LogP contribution in [-0.2, 0) is 14.2 Å². The third kappa shape index (κ3) is 6.19. The number of aliphatic imine (C=N–C) groups is 1. The van der Waals surface area contributed by atoms with Crippen LogP contribution in [0.1, 0.15) is 43.4 Å². The first-order chi connectivity index (χ1) is 13.8. The van der Waals surface area contributed by atoms with Crippen LogP contribution in [0.15, 0.2) is 29.3 Å². The van der Waals surface area contributed by atoms with E-state index in [1.807, 2.05) is 0 Å². The Kier molecular flexibility index (Phi) is 8.58. The molecule has 1 aromatic rings. The second kappa shape index (κ2) is 11.4. The number of guanidine groups is 1. The van der Waals surface area contributed by atoms with Gasteiger partial charge in [-0.1, -0.05) is 24.3 Å². The van der Waals surface area contributed by atoms with Gasteiger partial charge in [0.25, 0.3) is 0 Å². The van der Waals surface area contributed by atoms with Crippen molar-refractivity contribution in [1.29, 1.82) is 0 Å². The van der Waals surface area contributed by atoms with Crippen molar-refractivity contribution in [2.24, 2.45) is 4.99 Å². The molecule has 28 heavy (non-hydrogen) atoms. The van der Waals surface area contributed by atoms with Gasteiger partial charge in [-0.15, -0.1) is 0 Å². The van der Waals surface area contributed by atoms with Crippen LogP contribution in [0.25, 0.3) is 0 Å². The molecule has 2 heterocycles. The number of rotatable bonds is 8. The smallest absolute Gasteiger partial charge is 0.194 e. The van der Waals surface area contributed by atoms with Crippen LogP contribution in [0.4, 0.5) is 0 Å². The molecule has 1 aromatic carbocycles. The number of hydrogen-bond acceptors (Lipinski definition) is 4. The second-order valence-corrected chi connectivity index (χ2v) is 7.46. The van der Waals surface area contributed by atoms with Crippen molar-refractivity contribution in [2.45, 2.75) is 45.3 Å². The largest absolute Gasteiger partial charge is 0.379 e. The summed E-state index contributed by atoms with van der Waals surface area (Å²) < 4.78 is 17.4. The zero-order valence-corrected chi connectivity index (χ0v) is 17.4. The van der Waals surface area contributed by atoms with Gasteiger partial charge in [-0.25, -0.2) is 0 Å². The first-order valence-electron chi connectivity index (χ1n) is 10.7. The van der Waals surface area contributed by atoms with Crippen molar-refractivity contribution in [1.82, 2.24) is 10.2 Å². The lowest BCUT2D eigenvalue weighted by Gasteiger charge is -2.35. The van der Waals surface area contributed by atoms with E-state index in [1.165, 1.54) is 11.1 Å². The predicted molar refractivity (Wildman–Crippen MR) is 112 cm³/mol. The summed E-state index contributed by atoms with van der Waals surface area (Å²) in [7, 11) is 0. The van der Waals surface area contributed by atoms with Gasteiger partial charge in [0.1, 0.15) is 6.10 Å². The fourth-order valence-corrected chi connectivity index (χ4v) is 3.75. The minimum atomic E-state index is 0.0913. The normalized spacial score (nSPS) is 23.2. The van der Waals surface area contributed by atoms with Crippen LogP contribution in [0.2, 0.25) is 0 Å². The number of benzene rings is 1. The van der Waals surface area contributed by atoms with Crippen molar-refractivity contribution < 1.29 is 14.2 Å². The van der Waals surface area contributed by atoms with E-state index in [9.17, 15) is 0 Å². The highest BCUT2D eigenvalue weighted by Crippen LogP contribution is 2.25. The number of ether oxygens (including phenoxy) is 3. The molecule has 0 aromatic heterocycles.